The highest BCUT2D eigenvalue weighted by molar-refractivity contribution is 7.47. The summed E-state index contributed by atoms with van der Waals surface area (Å²) >= 11 is 0. The Morgan fingerprint density at radius 1 is 0.754 bits per heavy atom. The van der Waals surface area contributed by atoms with Crippen molar-refractivity contribution in [2.45, 2.75) is 144 Å². The number of hydrogen-bond donors (Lipinski definition) is 4. The van der Waals surface area contributed by atoms with Crippen molar-refractivity contribution >= 4 is 49.9 Å². The van der Waals surface area contributed by atoms with E-state index in [4.69, 9.17) is 37.2 Å². The number of ether oxygens (including phenoxy) is 4. The first-order chi connectivity index (χ1) is 33.2. The number of unbranched alkanes of at least 4 members (excludes halogenated alkanes) is 6. The molecule has 4 atom stereocenters. The molecule has 0 aliphatic rings. The molecule has 4 amide bonds. The van der Waals surface area contributed by atoms with Crippen molar-refractivity contribution in [3.05, 3.63) is 41.7 Å². The van der Waals surface area contributed by atoms with Crippen molar-refractivity contribution in [1.29, 1.82) is 0 Å². The summed E-state index contributed by atoms with van der Waals surface area (Å²) in [5, 5.41) is 8.67. The molecule has 21 nitrogen and oxygen atoms in total. The van der Waals surface area contributed by atoms with Crippen LogP contribution in [0.4, 0.5) is 0 Å². The van der Waals surface area contributed by atoms with Crippen molar-refractivity contribution in [2.75, 3.05) is 46.5 Å². The van der Waals surface area contributed by atoms with Crippen LogP contribution < -0.4 is 20.7 Å². The molecule has 4 N–H and O–H groups in total. The van der Waals surface area contributed by atoms with Gasteiger partial charge in [0.15, 0.2) is 19.2 Å². The topological polar surface area (TPSA) is 274 Å². The molecule has 22 heteroatoms. The first-order valence-corrected chi connectivity index (χ1v) is 25.4. The minimum Gasteiger partial charge on any atom is -0.481 e. The van der Waals surface area contributed by atoms with Gasteiger partial charge in [-0.1, -0.05) is 92.6 Å². The number of nitrogens with one attached hydrogen (secondary N) is 3. The van der Waals surface area contributed by atoms with E-state index in [-0.39, 0.29) is 62.4 Å². The largest absolute Gasteiger partial charge is 0.481 e. The minimum atomic E-state index is -4.45. The van der Waals surface area contributed by atoms with E-state index in [1.54, 1.807) is 6.92 Å². The molecular weight excluding hydrogens is 924 g/mol. The van der Waals surface area contributed by atoms with Crippen LogP contribution in [0.1, 0.15) is 152 Å². The monoisotopic (exact) mass is 996 g/mol. The number of furan rings is 1. The first-order valence-electron chi connectivity index (χ1n) is 23.9. The second-order valence-corrected chi connectivity index (χ2v) is 17.3. The van der Waals surface area contributed by atoms with Crippen LogP contribution in [0.25, 0.3) is 11.3 Å². The fraction of sp³-hybridized carbons (Fsp3) is 0.638. The molecular formula is C47H73N4O17P. The number of carbonyl (C=O) groups is 7. The Bertz CT molecular complexity index is 1940. The number of esters is 3. The van der Waals surface area contributed by atoms with Gasteiger partial charge in [-0.2, -0.15) is 0 Å². The van der Waals surface area contributed by atoms with E-state index < -0.39 is 81.3 Å². The van der Waals surface area contributed by atoms with E-state index in [9.17, 15) is 43.0 Å². The lowest BCUT2D eigenvalue weighted by molar-refractivity contribution is -0.221. The summed E-state index contributed by atoms with van der Waals surface area (Å²) in [6.45, 7) is 10.1. The molecule has 0 aliphatic carbocycles. The van der Waals surface area contributed by atoms with Crippen molar-refractivity contribution in [1.82, 2.24) is 21.0 Å². The third-order valence-corrected chi connectivity index (χ3v) is 11.3. The summed E-state index contributed by atoms with van der Waals surface area (Å²) < 4.78 is 49.3. The molecule has 0 fully saturated rings. The zero-order chi connectivity index (χ0) is 51.0. The van der Waals surface area contributed by atoms with E-state index in [0.29, 0.717) is 50.5 Å². The molecule has 1 unspecified atom stereocenters. The van der Waals surface area contributed by atoms with Gasteiger partial charge in [0.25, 0.3) is 11.8 Å². The third kappa shape index (κ3) is 22.8. The summed E-state index contributed by atoms with van der Waals surface area (Å²) in [6.07, 6.45) is 8.17. The fourth-order valence-electron chi connectivity index (χ4n) is 6.41. The summed E-state index contributed by atoms with van der Waals surface area (Å²) in [4.78, 5) is 106. The molecule has 2 aromatic rings. The van der Waals surface area contributed by atoms with Gasteiger partial charge in [-0.15, -0.1) is 0 Å². The van der Waals surface area contributed by atoms with Crippen molar-refractivity contribution in [3.63, 3.8) is 0 Å². The molecule has 1 heterocycles. The third-order valence-electron chi connectivity index (χ3n) is 10.4. The highest BCUT2D eigenvalue weighted by atomic mass is 31.2. The number of phosphoric acid groups is 1. The maximum Gasteiger partial charge on any atom is 0.474 e. The van der Waals surface area contributed by atoms with E-state index in [1.807, 2.05) is 34.6 Å². The molecule has 0 spiro atoms. The summed E-state index contributed by atoms with van der Waals surface area (Å²) in [6, 6.07) is 4.90. The fourth-order valence-corrected chi connectivity index (χ4v) is 7.02. The highest BCUT2D eigenvalue weighted by Gasteiger charge is 2.33. The molecule has 0 saturated carbocycles. The molecule has 1 aromatic heterocycles. The smallest absolute Gasteiger partial charge is 0.474 e. The van der Waals surface area contributed by atoms with Gasteiger partial charge in [-0.25, -0.2) is 24.1 Å². The number of nitrogens with zero attached hydrogens (tertiary/aromatic N) is 1. The average molecular weight is 997 g/mol. The minimum absolute atomic E-state index is 0.00701. The van der Waals surface area contributed by atoms with Gasteiger partial charge in [-0.05, 0) is 62.8 Å². The van der Waals surface area contributed by atoms with E-state index >= 15 is 0 Å². The van der Waals surface area contributed by atoms with Crippen molar-refractivity contribution < 1.29 is 80.3 Å². The maximum absolute atomic E-state index is 13.8. The Balaban J connectivity index is 2.28. The lowest BCUT2D eigenvalue weighted by Crippen LogP contribution is -2.48. The van der Waals surface area contributed by atoms with Gasteiger partial charge < -0.3 is 44.2 Å². The van der Waals surface area contributed by atoms with Crippen LogP contribution in [0.5, 0.6) is 5.75 Å². The summed E-state index contributed by atoms with van der Waals surface area (Å²) in [5.74, 6) is -5.16. The van der Waals surface area contributed by atoms with Crippen LogP contribution >= 0.6 is 7.82 Å². The quantitative estimate of drug-likeness (QED) is 0.0101. The molecule has 0 aliphatic heterocycles. The Morgan fingerprint density at radius 3 is 2.03 bits per heavy atom. The van der Waals surface area contributed by atoms with Crippen LogP contribution in [-0.4, -0.2) is 111 Å². The SMILES string of the molecule is CCCCC[C@@H](C(=O)NCNC(=O)c1ccc(-c2ccc(C(=O)N[C@@H](CC(=O)OCCCC)C(=O)OCCCC)c(OCC(=O)OCCCC)c2)o1)[C@@H](CC)N(C=O)OCOP(=O)(O)OCCCC. The number of phosphoric ester groups is 1. The first kappa shape index (κ1) is 59.8. The van der Waals surface area contributed by atoms with Crippen LogP contribution in [0.15, 0.2) is 34.7 Å². The molecule has 388 valence electrons. The Morgan fingerprint density at radius 2 is 1.39 bits per heavy atom. The van der Waals surface area contributed by atoms with Crippen LogP contribution in [-0.2, 0) is 56.6 Å². The average Bonchev–Trinajstić information content (AvgIpc) is 3.83. The van der Waals surface area contributed by atoms with E-state index in [0.717, 1.165) is 43.6 Å². The van der Waals surface area contributed by atoms with Gasteiger partial charge >= 0.3 is 25.7 Å². The second kappa shape index (κ2) is 34.0. The standard InChI is InChI=1S/C47H73N4O17P/c1-7-13-18-19-35(38(12-6)51(32-52)65-33-67-69(59,60)66-27-17-11-5)44(55)48-31-49-46(57)40-23-22-39(68-40)34-20-21-36(41(28-34)64-30-43(54)62-25-15-9-3)45(56)50-37(47(58)63-26-16-10-4)29-42(53)61-24-14-8-2/h20-23,28,32,35,37-38H,7-19,24-27,29-31,33H2,1-6H3,(H,48,55)(H,49,57)(H,50,56)(H,59,60)/t35-,37+,38-/m1/s1. The van der Waals surface area contributed by atoms with Gasteiger partial charge in [0.2, 0.25) is 12.3 Å². The van der Waals surface area contributed by atoms with E-state index in [2.05, 4.69) is 16.0 Å². The molecule has 0 bridgehead atoms. The van der Waals surface area contributed by atoms with Gasteiger partial charge in [-0.3, -0.25) is 33.0 Å². The molecule has 1 aromatic carbocycles. The maximum atomic E-state index is 13.8. The summed E-state index contributed by atoms with van der Waals surface area (Å²) in [7, 11) is -4.45. The Hall–Kier alpha value is -5.34. The molecule has 0 saturated heterocycles. The Labute approximate surface area is 404 Å². The van der Waals surface area contributed by atoms with Crippen LogP contribution in [0.2, 0.25) is 0 Å². The Kier molecular flexibility index (Phi) is 29.5. The van der Waals surface area contributed by atoms with Crippen LogP contribution in [0, 0.1) is 5.92 Å². The molecule has 0 radical (unpaired) electrons. The number of benzene rings is 1. The number of hydrogen-bond acceptors (Lipinski definition) is 16. The van der Waals surface area contributed by atoms with Gasteiger partial charge in [0.05, 0.1) is 57.0 Å². The van der Waals surface area contributed by atoms with Gasteiger partial charge in [0, 0.05) is 5.56 Å². The highest BCUT2D eigenvalue weighted by Crippen LogP contribution is 2.43. The van der Waals surface area contributed by atoms with Gasteiger partial charge in [0.1, 0.15) is 17.6 Å². The normalized spacial score (nSPS) is 13.2. The molecule has 2 rings (SSSR count). The number of carbonyl (C=O) groups excluding carboxylic acids is 7. The predicted molar refractivity (Wildman–Crippen MR) is 251 cm³/mol. The number of amides is 4. The lowest BCUT2D eigenvalue weighted by Gasteiger charge is -2.32. The second-order valence-electron chi connectivity index (χ2n) is 15.9. The number of rotatable bonds is 38. The van der Waals surface area contributed by atoms with Crippen molar-refractivity contribution in [3.8, 4) is 17.1 Å². The predicted octanol–water partition coefficient (Wildman–Crippen LogP) is 6.90. The molecule has 69 heavy (non-hydrogen) atoms. The number of hydroxylamine groups is 2. The zero-order valence-corrected chi connectivity index (χ0v) is 41.8. The van der Waals surface area contributed by atoms with Crippen molar-refractivity contribution in [2.24, 2.45) is 5.92 Å². The van der Waals surface area contributed by atoms with Crippen LogP contribution in [0.3, 0.4) is 0 Å². The zero-order valence-electron chi connectivity index (χ0n) is 40.9. The summed E-state index contributed by atoms with van der Waals surface area (Å²) in [5.41, 5.74) is 0.214. The van der Waals surface area contributed by atoms with E-state index in [1.165, 1.54) is 30.3 Å². The lowest BCUT2D eigenvalue weighted by atomic mass is 9.90.